The molecule has 6 unspecified atom stereocenters. The van der Waals surface area contributed by atoms with Crippen LogP contribution in [0.1, 0.15) is 155 Å². The molecule has 6 atom stereocenters. The lowest BCUT2D eigenvalue weighted by Crippen LogP contribution is -2.60. The number of allylic oxidation sites excluding steroid dienone is 14. The maximum atomic E-state index is 12.8. The third-order valence-electron chi connectivity index (χ3n) is 9.96. The molecule has 62 heavy (non-hydrogen) atoms. The lowest BCUT2D eigenvalue weighted by Gasteiger charge is -2.40. The van der Waals surface area contributed by atoms with Crippen LogP contribution < -0.4 is 0 Å². The summed E-state index contributed by atoms with van der Waals surface area (Å²) in [4.78, 5) is 25.4. The average Bonchev–Trinajstić information content (AvgIpc) is 3.24. The molecular formula is C49H80O12S. The Labute approximate surface area is 373 Å². The molecule has 12 nitrogen and oxygen atoms in total. The van der Waals surface area contributed by atoms with Crippen molar-refractivity contribution >= 4 is 22.1 Å². The summed E-state index contributed by atoms with van der Waals surface area (Å²) in [6, 6.07) is 0. The summed E-state index contributed by atoms with van der Waals surface area (Å²) < 4.78 is 54.0. The largest absolute Gasteiger partial charge is 0.462 e. The lowest BCUT2D eigenvalue weighted by molar-refractivity contribution is -0.297. The first kappa shape index (κ1) is 56.8. The molecule has 1 aliphatic heterocycles. The monoisotopic (exact) mass is 893 g/mol. The fourth-order valence-electron chi connectivity index (χ4n) is 6.38. The van der Waals surface area contributed by atoms with Gasteiger partial charge in [0.05, 0.1) is 6.61 Å². The van der Waals surface area contributed by atoms with Gasteiger partial charge in [-0.1, -0.05) is 137 Å². The van der Waals surface area contributed by atoms with Gasteiger partial charge in [-0.2, -0.15) is 8.42 Å². The van der Waals surface area contributed by atoms with Crippen LogP contribution in [0.5, 0.6) is 0 Å². The Balaban J connectivity index is 2.47. The highest BCUT2D eigenvalue weighted by Gasteiger charge is 2.46. The Morgan fingerprint density at radius 2 is 1.02 bits per heavy atom. The molecule has 0 aromatic rings. The summed E-state index contributed by atoms with van der Waals surface area (Å²) in [5, 5.41) is 30.9. The van der Waals surface area contributed by atoms with Crippen molar-refractivity contribution in [2.75, 3.05) is 19.0 Å². The van der Waals surface area contributed by atoms with Crippen LogP contribution in [-0.4, -0.2) is 96.0 Å². The van der Waals surface area contributed by atoms with Gasteiger partial charge < -0.3 is 34.3 Å². The Morgan fingerprint density at radius 1 is 0.565 bits per heavy atom. The number of aliphatic hydroxyl groups excluding tert-OH is 3. The molecule has 0 bridgehead atoms. The molecule has 0 aliphatic carbocycles. The minimum atomic E-state index is -4.61. The topological polar surface area (TPSA) is 186 Å². The predicted octanol–water partition coefficient (Wildman–Crippen LogP) is 9.67. The summed E-state index contributed by atoms with van der Waals surface area (Å²) in [5.41, 5.74) is 0. The van der Waals surface area contributed by atoms with E-state index in [0.29, 0.717) is 12.8 Å². The number of unbranched alkanes of at least 4 members (excludes halogenated alkanes) is 11. The highest BCUT2D eigenvalue weighted by Crippen LogP contribution is 2.24. The van der Waals surface area contributed by atoms with Crippen LogP contribution in [0.3, 0.4) is 0 Å². The number of rotatable bonds is 37. The Kier molecular flexibility index (Phi) is 35.1. The first-order valence-corrected chi connectivity index (χ1v) is 24.8. The van der Waals surface area contributed by atoms with Gasteiger partial charge in [0, 0.05) is 12.8 Å². The molecule has 354 valence electrons. The van der Waals surface area contributed by atoms with E-state index >= 15 is 0 Å². The van der Waals surface area contributed by atoms with E-state index in [2.05, 4.69) is 98.9 Å². The third kappa shape index (κ3) is 32.5. The van der Waals surface area contributed by atoms with Gasteiger partial charge in [0.25, 0.3) is 10.1 Å². The molecule has 0 aromatic heterocycles. The first-order valence-electron chi connectivity index (χ1n) is 23.1. The van der Waals surface area contributed by atoms with Crippen molar-refractivity contribution in [1.82, 2.24) is 0 Å². The van der Waals surface area contributed by atoms with Gasteiger partial charge in [-0.25, -0.2) is 0 Å². The molecule has 13 heteroatoms. The smallest absolute Gasteiger partial charge is 0.306 e. The number of hydrogen-bond donors (Lipinski definition) is 4. The SMILES string of the molecule is CC/C=C\C/C=C\C/C=C\C/C=C\CCCCC(=O)OC(COC(=O)CCCCCCCC/C=C\C/C=C\C/C=C\CCCCC)COC1OC(CS(=O)(=O)O)C(O)C(O)C1O. The van der Waals surface area contributed by atoms with Crippen LogP contribution >= 0.6 is 0 Å². The maximum Gasteiger partial charge on any atom is 0.306 e. The van der Waals surface area contributed by atoms with E-state index in [1.54, 1.807) is 0 Å². The van der Waals surface area contributed by atoms with E-state index in [1.807, 2.05) is 0 Å². The van der Waals surface area contributed by atoms with Crippen LogP contribution in [0, 0.1) is 0 Å². The molecular weight excluding hydrogens is 813 g/mol. The van der Waals surface area contributed by atoms with Gasteiger partial charge >= 0.3 is 11.9 Å². The Bertz CT molecular complexity index is 1460. The zero-order valence-corrected chi connectivity index (χ0v) is 38.5. The van der Waals surface area contributed by atoms with Gasteiger partial charge in [0.1, 0.15) is 36.8 Å². The zero-order valence-electron chi connectivity index (χ0n) is 37.7. The minimum Gasteiger partial charge on any atom is -0.462 e. The van der Waals surface area contributed by atoms with Crippen molar-refractivity contribution < 1.29 is 56.8 Å². The number of aliphatic hydroxyl groups is 3. The van der Waals surface area contributed by atoms with Gasteiger partial charge in [-0.3, -0.25) is 14.1 Å². The van der Waals surface area contributed by atoms with Crippen molar-refractivity contribution in [3.05, 3.63) is 85.1 Å². The van der Waals surface area contributed by atoms with E-state index in [4.69, 9.17) is 18.9 Å². The number of hydrogen-bond acceptors (Lipinski definition) is 11. The standard InChI is InChI=1S/C49H80O12S/c1-3-5-7-9-11-13-15-17-19-20-21-22-24-25-27-29-31-33-35-37-44(50)58-39-42(40-59-49-48(54)47(53)46(52)43(61-49)41-62(55,56)57)60-45(51)38-36-34-32-30-28-26-23-18-16-14-12-10-8-6-4-2/h6,8,11-14,17-19,21-23,28,30,42-43,46-49,52-54H,3-5,7,9-10,15-16,20,24-27,29,31-41H2,1-2H3,(H,55,56,57)/b8-6-,13-11-,14-12-,19-17-,22-21-,23-18-,30-28-. The van der Waals surface area contributed by atoms with E-state index < -0.39 is 71.2 Å². The van der Waals surface area contributed by atoms with Crippen LogP contribution in [0.4, 0.5) is 0 Å². The zero-order chi connectivity index (χ0) is 45.5. The molecule has 1 rings (SSSR count). The lowest BCUT2D eigenvalue weighted by atomic mass is 10.00. The van der Waals surface area contributed by atoms with Crippen LogP contribution in [-0.2, 0) is 38.7 Å². The fourth-order valence-corrected chi connectivity index (χ4v) is 7.07. The van der Waals surface area contributed by atoms with Gasteiger partial charge in [-0.15, -0.1) is 0 Å². The fraction of sp³-hybridized carbons (Fsp3) is 0.673. The van der Waals surface area contributed by atoms with Crippen molar-refractivity contribution in [3.63, 3.8) is 0 Å². The molecule has 1 saturated heterocycles. The summed E-state index contributed by atoms with van der Waals surface area (Å²) >= 11 is 0. The summed E-state index contributed by atoms with van der Waals surface area (Å²) in [6.45, 7) is 3.56. The molecule has 0 spiro atoms. The third-order valence-corrected chi connectivity index (χ3v) is 10.7. The second kappa shape index (κ2) is 38.3. The quantitative estimate of drug-likeness (QED) is 0.0201. The van der Waals surface area contributed by atoms with E-state index in [0.717, 1.165) is 89.9 Å². The van der Waals surface area contributed by atoms with Crippen LogP contribution in [0.2, 0.25) is 0 Å². The highest BCUT2D eigenvalue weighted by atomic mass is 32.2. The molecule has 1 heterocycles. The summed E-state index contributed by atoms with van der Waals surface area (Å²) in [7, 11) is -4.61. The van der Waals surface area contributed by atoms with Crippen LogP contribution in [0.15, 0.2) is 85.1 Å². The number of carbonyl (C=O) groups excluding carboxylic acids is 2. The Hall–Kier alpha value is -3.17. The van der Waals surface area contributed by atoms with Crippen molar-refractivity contribution in [2.45, 2.75) is 192 Å². The van der Waals surface area contributed by atoms with Gasteiger partial charge in [-0.05, 0) is 89.9 Å². The number of carbonyl (C=O) groups is 2. The van der Waals surface area contributed by atoms with Crippen LogP contribution in [0.25, 0.3) is 0 Å². The van der Waals surface area contributed by atoms with Crippen molar-refractivity contribution in [1.29, 1.82) is 0 Å². The molecule has 0 saturated carbocycles. The summed E-state index contributed by atoms with van der Waals surface area (Å²) in [5.74, 6) is -2.07. The highest BCUT2D eigenvalue weighted by molar-refractivity contribution is 7.85. The number of ether oxygens (including phenoxy) is 4. The second-order valence-electron chi connectivity index (χ2n) is 15.7. The van der Waals surface area contributed by atoms with E-state index in [-0.39, 0.29) is 19.4 Å². The average molecular weight is 893 g/mol. The molecule has 1 aliphatic rings. The Morgan fingerprint density at radius 3 is 1.55 bits per heavy atom. The normalized spacial score (nSPS) is 20.6. The van der Waals surface area contributed by atoms with E-state index in [1.165, 1.54) is 25.7 Å². The van der Waals surface area contributed by atoms with Crippen molar-refractivity contribution in [3.8, 4) is 0 Å². The molecule has 0 radical (unpaired) electrons. The van der Waals surface area contributed by atoms with Crippen molar-refractivity contribution in [2.24, 2.45) is 0 Å². The van der Waals surface area contributed by atoms with E-state index in [9.17, 15) is 37.9 Å². The first-order chi connectivity index (χ1) is 30.0. The summed E-state index contributed by atoms with van der Waals surface area (Å²) in [6.07, 6.45) is 40.5. The molecule has 4 N–H and O–H groups in total. The molecule has 0 amide bonds. The predicted molar refractivity (Wildman–Crippen MR) is 247 cm³/mol. The van der Waals surface area contributed by atoms with Gasteiger partial charge in [0.15, 0.2) is 12.4 Å². The second-order valence-corrected chi connectivity index (χ2v) is 17.2. The minimum absolute atomic E-state index is 0.104. The molecule has 1 fully saturated rings. The van der Waals surface area contributed by atoms with Gasteiger partial charge in [0.2, 0.25) is 0 Å². The molecule has 0 aromatic carbocycles. The number of esters is 2. The maximum absolute atomic E-state index is 12.8.